The molecule has 2 heterocycles. The second-order valence-corrected chi connectivity index (χ2v) is 9.29. The zero-order chi connectivity index (χ0) is 26.2. The Labute approximate surface area is 216 Å². The van der Waals surface area contributed by atoms with Crippen LogP contribution < -0.4 is 10.6 Å². The summed E-state index contributed by atoms with van der Waals surface area (Å²) in [7, 11) is 0. The Morgan fingerprint density at radius 3 is 2.46 bits per heavy atom. The van der Waals surface area contributed by atoms with Crippen LogP contribution in [-0.4, -0.2) is 72.1 Å². The second-order valence-electron chi connectivity index (χ2n) is 9.29. The SMILES string of the molecule is CCOC(=O)CNC(=O)Nc1ccc([C@H]2O[C@@H](CN3CC[C@H](O)C3)C[C@@H](c3ccc(CO)cc3)O2)cc1. The third kappa shape index (κ3) is 7.73. The van der Waals surface area contributed by atoms with E-state index in [1.165, 1.54) is 0 Å². The number of esters is 1. The van der Waals surface area contributed by atoms with Crippen molar-refractivity contribution in [1.82, 2.24) is 10.2 Å². The van der Waals surface area contributed by atoms with Crippen molar-refractivity contribution in [2.24, 2.45) is 0 Å². The van der Waals surface area contributed by atoms with Gasteiger partial charge in [-0.05, 0) is 36.6 Å². The van der Waals surface area contributed by atoms with Crippen molar-refractivity contribution in [2.75, 3.05) is 38.1 Å². The molecule has 2 fully saturated rings. The Hall–Kier alpha value is -3.02. The molecule has 2 aromatic rings. The van der Waals surface area contributed by atoms with Gasteiger partial charge in [0.25, 0.3) is 0 Å². The average Bonchev–Trinajstić information content (AvgIpc) is 3.32. The molecule has 2 aromatic carbocycles. The Morgan fingerprint density at radius 1 is 1.08 bits per heavy atom. The van der Waals surface area contributed by atoms with Crippen LogP contribution in [0.25, 0.3) is 0 Å². The number of benzene rings is 2. The number of anilines is 1. The molecule has 0 spiro atoms. The lowest BCUT2D eigenvalue weighted by atomic mass is 9.99. The molecule has 4 rings (SSSR count). The third-order valence-electron chi connectivity index (χ3n) is 6.46. The van der Waals surface area contributed by atoms with Gasteiger partial charge >= 0.3 is 12.0 Å². The molecular weight excluding hydrogens is 478 g/mol. The predicted octanol–water partition coefficient (Wildman–Crippen LogP) is 2.48. The Balaban J connectivity index is 1.42. The van der Waals surface area contributed by atoms with Crippen LogP contribution in [-0.2, 0) is 25.6 Å². The summed E-state index contributed by atoms with van der Waals surface area (Å²) in [5, 5.41) is 24.4. The standard InChI is InChI=1S/C27H35N3O7/c1-2-35-25(33)14-28-27(34)29-21-9-7-20(8-10-21)26-36-23(16-30-12-11-22(32)15-30)13-24(37-26)19-5-3-18(17-31)4-6-19/h3-10,22-24,26,31-32H,2,11-17H2,1H3,(H2,28,29,34)/t22-,23+,24-,26-/m0/s1. The molecule has 4 atom stereocenters. The number of aliphatic hydroxyl groups is 2. The van der Waals surface area contributed by atoms with Crippen molar-refractivity contribution >= 4 is 17.7 Å². The Bertz CT molecular complexity index is 1030. The molecule has 0 saturated carbocycles. The lowest BCUT2D eigenvalue weighted by Gasteiger charge is -2.37. The van der Waals surface area contributed by atoms with E-state index in [-0.39, 0.29) is 38.1 Å². The molecule has 2 saturated heterocycles. The highest BCUT2D eigenvalue weighted by Gasteiger charge is 2.34. The van der Waals surface area contributed by atoms with Crippen molar-refractivity contribution in [2.45, 2.75) is 51.0 Å². The number of urea groups is 1. The largest absolute Gasteiger partial charge is 0.465 e. The van der Waals surface area contributed by atoms with Crippen LogP contribution in [0.3, 0.4) is 0 Å². The van der Waals surface area contributed by atoms with E-state index in [1.54, 1.807) is 19.1 Å². The summed E-state index contributed by atoms with van der Waals surface area (Å²) >= 11 is 0. The molecule has 10 nitrogen and oxygen atoms in total. The Morgan fingerprint density at radius 2 is 1.81 bits per heavy atom. The zero-order valence-corrected chi connectivity index (χ0v) is 21.0. The van der Waals surface area contributed by atoms with E-state index in [0.717, 1.165) is 29.7 Å². The maximum atomic E-state index is 12.1. The second kappa shape index (κ2) is 13.0. The lowest BCUT2D eigenvalue weighted by Crippen LogP contribution is -2.38. The first-order valence-electron chi connectivity index (χ1n) is 12.6. The number of rotatable bonds is 9. The Kier molecular flexibility index (Phi) is 9.48. The molecule has 2 amide bonds. The van der Waals surface area contributed by atoms with E-state index in [0.29, 0.717) is 25.2 Å². The van der Waals surface area contributed by atoms with Crippen molar-refractivity contribution in [3.05, 3.63) is 65.2 Å². The molecule has 0 aromatic heterocycles. The maximum Gasteiger partial charge on any atom is 0.325 e. The van der Waals surface area contributed by atoms with Crippen LogP contribution in [0.2, 0.25) is 0 Å². The van der Waals surface area contributed by atoms with Crippen molar-refractivity contribution in [3.8, 4) is 0 Å². The van der Waals surface area contributed by atoms with Crippen molar-refractivity contribution in [3.63, 3.8) is 0 Å². The highest BCUT2D eigenvalue weighted by molar-refractivity contribution is 5.91. The third-order valence-corrected chi connectivity index (χ3v) is 6.46. The maximum absolute atomic E-state index is 12.1. The molecule has 0 unspecified atom stereocenters. The molecule has 4 N–H and O–H groups in total. The first-order valence-corrected chi connectivity index (χ1v) is 12.6. The first kappa shape index (κ1) is 27.0. The van der Waals surface area contributed by atoms with Crippen LogP contribution in [0.5, 0.6) is 0 Å². The number of carbonyl (C=O) groups is 2. The van der Waals surface area contributed by atoms with Crippen LogP contribution in [0.15, 0.2) is 48.5 Å². The number of amides is 2. The van der Waals surface area contributed by atoms with E-state index >= 15 is 0 Å². The number of nitrogens with zero attached hydrogens (tertiary/aromatic N) is 1. The lowest BCUT2D eigenvalue weighted by molar-refractivity contribution is -0.252. The van der Waals surface area contributed by atoms with E-state index in [2.05, 4.69) is 15.5 Å². The highest BCUT2D eigenvalue weighted by Crippen LogP contribution is 2.38. The fourth-order valence-corrected chi connectivity index (χ4v) is 4.56. The number of hydrogen-bond donors (Lipinski definition) is 4. The molecule has 0 radical (unpaired) electrons. The summed E-state index contributed by atoms with van der Waals surface area (Å²) in [5.41, 5.74) is 3.21. The number of aliphatic hydroxyl groups excluding tert-OH is 2. The summed E-state index contributed by atoms with van der Waals surface area (Å²) in [6.07, 6.45) is 0.225. The zero-order valence-electron chi connectivity index (χ0n) is 21.0. The van der Waals surface area contributed by atoms with Gasteiger partial charge in [-0.2, -0.15) is 0 Å². The summed E-state index contributed by atoms with van der Waals surface area (Å²) < 4.78 is 17.5. The number of carbonyl (C=O) groups excluding carboxylic acids is 2. The van der Waals surface area contributed by atoms with Gasteiger partial charge in [0, 0.05) is 37.3 Å². The summed E-state index contributed by atoms with van der Waals surface area (Å²) in [6.45, 7) is 3.90. The summed E-state index contributed by atoms with van der Waals surface area (Å²) in [6, 6.07) is 14.4. The number of β-amino-alcohol motifs (C(OH)–C–C–N with tert-alkyl or cyclic N) is 1. The molecule has 37 heavy (non-hydrogen) atoms. The molecule has 2 aliphatic rings. The van der Waals surface area contributed by atoms with E-state index < -0.39 is 18.3 Å². The smallest absolute Gasteiger partial charge is 0.325 e. The molecule has 0 bridgehead atoms. The van der Waals surface area contributed by atoms with Crippen molar-refractivity contribution < 1.29 is 34.0 Å². The van der Waals surface area contributed by atoms with Gasteiger partial charge in [-0.15, -0.1) is 0 Å². The van der Waals surface area contributed by atoms with E-state index in [4.69, 9.17) is 14.2 Å². The molecule has 2 aliphatic heterocycles. The van der Waals surface area contributed by atoms with Crippen LogP contribution in [0.1, 0.15) is 48.8 Å². The fourth-order valence-electron chi connectivity index (χ4n) is 4.56. The molecular formula is C27H35N3O7. The summed E-state index contributed by atoms with van der Waals surface area (Å²) in [4.78, 5) is 25.7. The topological polar surface area (TPSA) is 130 Å². The predicted molar refractivity (Wildman–Crippen MR) is 136 cm³/mol. The van der Waals surface area contributed by atoms with Gasteiger partial charge in [0.1, 0.15) is 6.54 Å². The minimum absolute atomic E-state index is 0.0152. The number of nitrogens with one attached hydrogen (secondary N) is 2. The van der Waals surface area contributed by atoms with E-state index in [1.807, 2.05) is 36.4 Å². The monoisotopic (exact) mass is 513 g/mol. The van der Waals surface area contributed by atoms with Gasteiger partial charge in [0.15, 0.2) is 6.29 Å². The average molecular weight is 514 g/mol. The number of likely N-dealkylation sites (tertiary alicyclic amines) is 1. The van der Waals surface area contributed by atoms with Crippen molar-refractivity contribution in [1.29, 1.82) is 0 Å². The summed E-state index contributed by atoms with van der Waals surface area (Å²) in [5.74, 6) is -0.502. The number of ether oxygens (including phenoxy) is 3. The van der Waals surface area contributed by atoms with Gasteiger partial charge in [0.2, 0.25) is 0 Å². The van der Waals surface area contributed by atoms with Crippen LogP contribution >= 0.6 is 0 Å². The molecule has 10 heteroatoms. The minimum atomic E-state index is -0.611. The minimum Gasteiger partial charge on any atom is -0.465 e. The quantitative estimate of drug-likeness (QED) is 0.377. The molecule has 0 aliphatic carbocycles. The van der Waals surface area contributed by atoms with Crippen LogP contribution in [0, 0.1) is 0 Å². The van der Waals surface area contributed by atoms with Gasteiger partial charge in [-0.25, -0.2) is 4.79 Å². The number of hydrogen-bond acceptors (Lipinski definition) is 8. The van der Waals surface area contributed by atoms with Gasteiger partial charge in [-0.3, -0.25) is 9.69 Å². The van der Waals surface area contributed by atoms with Crippen LogP contribution in [0.4, 0.5) is 10.5 Å². The fraction of sp³-hybridized carbons (Fsp3) is 0.481. The van der Waals surface area contributed by atoms with Gasteiger partial charge in [0.05, 0.1) is 31.5 Å². The first-order chi connectivity index (χ1) is 17.9. The highest BCUT2D eigenvalue weighted by atomic mass is 16.7. The van der Waals surface area contributed by atoms with E-state index in [9.17, 15) is 19.8 Å². The normalized spacial score (nSPS) is 24.0. The molecule has 200 valence electrons. The van der Waals surface area contributed by atoms with Gasteiger partial charge in [-0.1, -0.05) is 36.4 Å². The van der Waals surface area contributed by atoms with Gasteiger partial charge < -0.3 is 35.1 Å².